The topological polar surface area (TPSA) is 46.5 Å². The number of hydrogen-bond acceptors (Lipinski definition) is 2. The van der Waals surface area contributed by atoms with Gasteiger partial charge in [0.05, 0.1) is 11.7 Å². The van der Waals surface area contributed by atoms with E-state index in [-0.39, 0.29) is 11.7 Å². The van der Waals surface area contributed by atoms with Gasteiger partial charge in [0, 0.05) is 0 Å². The molecule has 0 atom stereocenters. The number of ether oxygens (including phenoxy) is 1. The summed E-state index contributed by atoms with van der Waals surface area (Å²) in [5.74, 6) is -0.278. The summed E-state index contributed by atoms with van der Waals surface area (Å²) in [7, 11) is 0. The van der Waals surface area contributed by atoms with Crippen molar-refractivity contribution in [2.45, 2.75) is 20.0 Å². The van der Waals surface area contributed by atoms with E-state index in [1.54, 1.807) is 24.3 Å². The Morgan fingerprint density at radius 2 is 1.87 bits per heavy atom. The van der Waals surface area contributed by atoms with Gasteiger partial charge in [0.1, 0.15) is 5.75 Å². The van der Waals surface area contributed by atoms with Crippen LogP contribution in [0.4, 0.5) is 0 Å². The summed E-state index contributed by atoms with van der Waals surface area (Å²) in [4.78, 5) is 10.6. The smallest absolute Gasteiger partial charge is 0.335 e. The van der Waals surface area contributed by atoms with E-state index in [4.69, 9.17) is 9.84 Å². The first kappa shape index (κ1) is 11.3. The van der Waals surface area contributed by atoms with Crippen LogP contribution in [0.15, 0.2) is 30.8 Å². The lowest BCUT2D eigenvalue weighted by Crippen LogP contribution is -2.05. The summed E-state index contributed by atoms with van der Waals surface area (Å²) in [5, 5.41) is 8.72. The average molecular weight is 206 g/mol. The summed E-state index contributed by atoms with van der Waals surface area (Å²) in [6.07, 6.45) is 0.110. The molecule has 0 aliphatic heterocycles. The first-order valence-corrected chi connectivity index (χ1v) is 4.70. The number of carboxylic acid groups (broad SMARTS) is 1. The van der Waals surface area contributed by atoms with E-state index in [2.05, 4.69) is 6.58 Å². The summed E-state index contributed by atoms with van der Waals surface area (Å²) in [5.41, 5.74) is 0.685. The van der Waals surface area contributed by atoms with Gasteiger partial charge in [-0.3, -0.25) is 0 Å². The highest BCUT2D eigenvalue weighted by Gasteiger charge is 2.06. The van der Waals surface area contributed by atoms with Crippen LogP contribution >= 0.6 is 0 Å². The Morgan fingerprint density at radius 3 is 2.27 bits per heavy atom. The molecule has 0 aliphatic rings. The fourth-order valence-electron chi connectivity index (χ4n) is 1.13. The van der Waals surface area contributed by atoms with Crippen molar-refractivity contribution in [3.05, 3.63) is 36.4 Å². The SMILES string of the molecule is C=C(C(=O)O)c1ccc(OC(C)C)cc1. The number of hydrogen-bond donors (Lipinski definition) is 1. The molecule has 1 aromatic carbocycles. The van der Waals surface area contributed by atoms with Gasteiger partial charge in [0.25, 0.3) is 0 Å². The molecule has 0 unspecified atom stereocenters. The van der Waals surface area contributed by atoms with Crippen LogP contribution in [-0.2, 0) is 4.79 Å². The number of carboxylic acids is 1. The van der Waals surface area contributed by atoms with E-state index in [0.29, 0.717) is 5.56 Å². The van der Waals surface area contributed by atoms with Crippen molar-refractivity contribution in [1.82, 2.24) is 0 Å². The molecule has 1 rings (SSSR count). The van der Waals surface area contributed by atoms with Crippen LogP contribution in [-0.4, -0.2) is 17.2 Å². The van der Waals surface area contributed by atoms with E-state index >= 15 is 0 Å². The van der Waals surface area contributed by atoms with E-state index in [9.17, 15) is 4.79 Å². The maximum atomic E-state index is 10.6. The lowest BCUT2D eigenvalue weighted by Gasteiger charge is -2.09. The minimum Gasteiger partial charge on any atom is -0.491 e. The molecule has 0 bridgehead atoms. The van der Waals surface area contributed by atoms with Gasteiger partial charge in [-0.1, -0.05) is 18.7 Å². The van der Waals surface area contributed by atoms with Crippen molar-refractivity contribution >= 4 is 11.5 Å². The zero-order valence-corrected chi connectivity index (χ0v) is 8.86. The van der Waals surface area contributed by atoms with Crippen LogP contribution in [0.25, 0.3) is 5.57 Å². The van der Waals surface area contributed by atoms with Gasteiger partial charge < -0.3 is 9.84 Å². The Morgan fingerprint density at radius 1 is 1.33 bits per heavy atom. The standard InChI is InChI=1S/C12H14O3/c1-8(2)15-11-6-4-10(5-7-11)9(3)12(13)14/h4-8H,3H2,1-2H3,(H,13,14). The van der Waals surface area contributed by atoms with Gasteiger partial charge in [-0.05, 0) is 31.5 Å². The predicted molar refractivity (Wildman–Crippen MR) is 58.9 cm³/mol. The number of rotatable bonds is 4. The van der Waals surface area contributed by atoms with Crippen molar-refractivity contribution in [3.8, 4) is 5.75 Å². The Balaban J connectivity index is 2.81. The van der Waals surface area contributed by atoms with Crippen LogP contribution in [0.5, 0.6) is 5.75 Å². The van der Waals surface area contributed by atoms with Crippen LogP contribution in [0.2, 0.25) is 0 Å². The second kappa shape index (κ2) is 4.64. The maximum absolute atomic E-state index is 10.6. The Bertz CT molecular complexity index is 363. The third-order valence-corrected chi connectivity index (χ3v) is 1.83. The van der Waals surface area contributed by atoms with Crippen molar-refractivity contribution in [1.29, 1.82) is 0 Å². The van der Waals surface area contributed by atoms with E-state index < -0.39 is 5.97 Å². The van der Waals surface area contributed by atoms with Crippen LogP contribution < -0.4 is 4.74 Å². The molecule has 3 nitrogen and oxygen atoms in total. The molecule has 0 aliphatic carbocycles. The molecule has 0 saturated heterocycles. The monoisotopic (exact) mass is 206 g/mol. The molecule has 80 valence electrons. The fraction of sp³-hybridized carbons (Fsp3) is 0.250. The normalized spacial score (nSPS) is 10.1. The van der Waals surface area contributed by atoms with E-state index in [1.807, 2.05) is 13.8 Å². The Hall–Kier alpha value is -1.77. The average Bonchev–Trinajstić information content (AvgIpc) is 2.17. The van der Waals surface area contributed by atoms with Crippen LogP contribution in [0, 0.1) is 0 Å². The molecule has 0 radical (unpaired) electrons. The van der Waals surface area contributed by atoms with Gasteiger partial charge in [-0.15, -0.1) is 0 Å². The van der Waals surface area contributed by atoms with E-state index in [0.717, 1.165) is 5.75 Å². The highest BCUT2D eigenvalue weighted by molar-refractivity contribution is 6.14. The fourth-order valence-corrected chi connectivity index (χ4v) is 1.13. The van der Waals surface area contributed by atoms with Crippen molar-refractivity contribution in [2.75, 3.05) is 0 Å². The number of aliphatic carboxylic acids is 1. The van der Waals surface area contributed by atoms with Crippen LogP contribution in [0.3, 0.4) is 0 Å². The molecule has 0 fully saturated rings. The zero-order chi connectivity index (χ0) is 11.4. The molecule has 15 heavy (non-hydrogen) atoms. The molecule has 0 aromatic heterocycles. The third kappa shape index (κ3) is 3.13. The highest BCUT2D eigenvalue weighted by atomic mass is 16.5. The van der Waals surface area contributed by atoms with Gasteiger partial charge >= 0.3 is 5.97 Å². The molecule has 0 spiro atoms. The van der Waals surface area contributed by atoms with Crippen LogP contribution in [0.1, 0.15) is 19.4 Å². The second-order valence-corrected chi connectivity index (χ2v) is 3.47. The second-order valence-electron chi connectivity index (χ2n) is 3.47. The lowest BCUT2D eigenvalue weighted by molar-refractivity contribution is -0.130. The van der Waals surface area contributed by atoms with Gasteiger partial charge in [0.2, 0.25) is 0 Å². The number of carbonyl (C=O) groups is 1. The zero-order valence-electron chi connectivity index (χ0n) is 8.86. The molecule has 0 heterocycles. The minimum atomic E-state index is -1.01. The van der Waals surface area contributed by atoms with Gasteiger partial charge in [-0.2, -0.15) is 0 Å². The first-order valence-electron chi connectivity index (χ1n) is 4.70. The molecule has 1 aromatic rings. The predicted octanol–water partition coefficient (Wildman–Crippen LogP) is 2.57. The van der Waals surface area contributed by atoms with Crippen molar-refractivity contribution in [3.63, 3.8) is 0 Å². The van der Waals surface area contributed by atoms with Crippen molar-refractivity contribution in [2.24, 2.45) is 0 Å². The molecule has 1 N–H and O–H groups in total. The van der Waals surface area contributed by atoms with Gasteiger partial charge in [-0.25, -0.2) is 4.79 Å². The number of benzene rings is 1. The first-order chi connectivity index (χ1) is 7.00. The molecular weight excluding hydrogens is 192 g/mol. The molecule has 3 heteroatoms. The summed E-state index contributed by atoms with van der Waals surface area (Å²) in [6.45, 7) is 7.34. The summed E-state index contributed by atoms with van der Waals surface area (Å²) < 4.78 is 5.43. The molecule has 0 saturated carbocycles. The summed E-state index contributed by atoms with van der Waals surface area (Å²) in [6, 6.07) is 6.86. The largest absolute Gasteiger partial charge is 0.491 e. The third-order valence-electron chi connectivity index (χ3n) is 1.83. The quantitative estimate of drug-likeness (QED) is 0.770. The Kier molecular flexibility index (Phi) is 3.50. The molecule has 0 amide bonds. The molecular formula is C12H14O3. The summed E-state index contributed by atoms with van der Waals surface area (Å²) >= 11 is 0. The minimum absolute atomic E-state index is 0.0890. The lowest BCUT2D eigenvalue weighted by atomic mass is 10.1. The Labute approximate surface area is 89.0 Å². The maximum Gasteiger partial charge on any atom is 0.335 e. The van der Waals surface area contributed by atoms with Crippen molar-refractivity contribution < 1.29 is 14.6 Å². The van der Waals surface area contributed by atoms with E-state index in [1.165, 1.54) is 0 Å². The highest BCUT2D eigenvalue weighted by Crippen LogP contribution is 2.18. The van der Waals surface area contributed by atoms with Gasteiger partial charge in [0.15, 0.2) is 0 Å².